The molecule has 4 rings (SSSR count). The summed E-state index contributed by atoms with van der Waals surface area (Å²) in [5.41, 5.74) is 2.62. The molecule has 0 fully saturated rings. The van der Waals surface area contributed by atoms with Crippen LogP contribution in [0, 0.1) is 0 Å². The zero-order valence-electron chi connectivity index (χ0n) is 13.5. The van der Waals surface area contributed by atoms with Gasteiger partial charge in [0.2, 0.25) is 0 Å². The van der Waals surface area contributed by atoms with E-state index in [1.165, 1.54) is 12.0 Å². The maximum Gasteiger partial charge on any atom is 0.256 e. The van der Waals surface area contributed by atoms with Crippen LogP contribution >= 0.6 is 0 Å². The number of carbonyl (C=O) groups excluding carboxylic acids is 1. The van der Waals surface area contributed by atoms with Crippen LogP contribution in [0.3, 0.4) is 0 Å². The quantitative estimate of drug-likeness (QED) is 0.745. The topological polar surface area (TPSA) is 56.0 Å². The second kappa shape index (κ2) is 5.96. The van der Waals surface area contributed by atoms with Crippen LogP contribution in [0.4, 0.5) is 0 Å². The molecule has 1 aliphatic heterocycles. The van der Waals surface area contributed by atoms with E-state index in [1.807, 2.05) is 29.2 Å². The van der Waals surface area contributed by atoms with Gasteiger partial charge in [-0.2, -0.15) is 5.10 Å². The lowest BCUT2D eigenvalue weighted by molar-refractivity contribution is 0.0617. The van der Waals surface area contributed by atoms with Crippen LogP contribution in [0.15, 0.2) is 55.2 Å². The van der Waals surface area contributed by atoms with Crippen LogP contribution in [0.5, 0.6) is 0 Å². The zero-order chi connectivity index (χ0) is 16.5. The Morgan fingerprint density at radius 3 is 2.88 bits per heavy atom. The summed E-state index contributed by atoms with van der Waals surface area (Å²) >= 11 is 0. The molecule has 3 heterocycles. The molecule has 0 spiro atoms. The van der Waals surface area contributed by atoms with Crippen LogP contribution < -0.4 is 0 Å². The van der Waals surface area contributed by atoms with Gasteiger partial charge in [-0.1, -0.05) is 19.1 Å². The molecule has 1 aliphatic rings. The van der Waals surface area contributed by atoms with Crippen molar-refractivity contribution in [1.82, 2.24) is 24.2 Å². The molecule has 0 bridgehead atoms. The van der Waals surface area contributed by atoms with E-state index in [0.717, 1.165) is 18.7 Å². The van der Waals surface area contributed by atoms with Gasteiger partial charge in [0.05, 0.1) is 17.3 Å². The van der Waals surface area contributed by atoms with E-state index in [4.69, 9.17) is 0 Å². The second-order valence-corrected chi connectivity index (χ2v) is 5.91. The Morgan fingerprint density at radius 1 is 1.21 bits per heavy atom. The SMILES string of the molecule is CC[C@H]1c2cccn2CCN1C(=O)c1ccccc1-n1cncn1. The first-order chi connectivity index (χ1) is 11.8. The van der Waals surface area contributed by atoms with Gasteiger partial charge in [-0.25, -0.2) is 9.67 Å². The van der Waals surface area contributed by atoms with Crippen LogP contribution in [0.2, 0.25) is 0 Å². The number of fused-ring (bicyclic) bond motifs is 1. The molecule has 1 atom stereocenters. The number of hydrogen-bond acceptors (Lipinski definition) is 3. The van der Waals surface area contributed by atoms with Gasteiger partial charge in [-0.15, -0.1) is 0 Å². The van der Waals surface area contributed by atoms with Crippen LogP contribution in [0.25, 0.3) is 5.69 Å². The van der Waals surface area contributed by atoms with Crippen molar-refractivity contribution in [2.45, 2.75) is 25.9 Å². The van der Waals surface area contributed by atoms with Crippen molar-refractivity contribution in [3.63, 3.8) is 0 Å². The third-order valence-corrected chi connectivity index (χ3v) is 4.61. The number of carbonyl (C=O) groups is 1. The molecular formula is C18H19N5O. The van der Waals surface area contributed by atoms with Crippen molar-refractivity contribution >= 4 is 5.91 Å². The number of benzene rings is 1. The Bertz CT molecular complexity index is 852. The summed E-state index contributed by atoms with van der Waals surface area (Å²) in [5, 5.41) is 4.17. The maximum absolute atomic E-state index is 13.3. The Hall–Kier alpha value is -2.89. The van der Waals surface area contributed by atoms with Gasteiger partial charge < -0.3 is 9.47 Å². The van der Waals surface area contributed by atoms with Crippen molar-refractivity contribution in [1.29, 1.82) is 0 Å². The Kier molecular flexibility index (Phi) is 3.65. The predicted octanol–water partition coefficient (Wildman–Crippen LogP) is 2.68. The minimum atomic E-state index is 0.0420. The average Bonchev–Trinajstić information content (AvgIpc) is 3.31. The summed E-state index contributed by atoms with van der Waals surface area (Å²) < 4.78 is 3.88. The number of nitrogens with zero attached hydrogens (tertiary/aromatic N) is 5. The van der Waals surface area contributed by atoms with Crippen molar-refractivity contribution in [2.24, 2.45) is 0 Å². The van der Waals surface area contributed by atoms with Crippen LogP contribution in [0.1, 0.15) is 35.4 Å². The molecule has 2 aromatic heterocycles. The fourth-order valence-electron chi connectivity index (χ4n) is 3.48. The highest BCUT2D eigenvalue weighted by atomic mass is 16.2. The van der Waals surface area contributed by atoms with Crippen molar-refractivity contribution in [3.8, 4) is 5.69 Å². The number of amides is 1. The third kappa shape index (κ3) is 2.31. The Labute approximate surface area is 140 Å². The van der Waals surface area contributed by atoms with E-state index in [0.29, 0.717) is 12.1 Å². The monoisotopic (exact) mass is 321 g/mol. The molecule has 0 saturated heterocycles. The second-order valence-electron chi connectivity index (χ2n) is 5.91. The maximum atomic E-state index is 13.3. The van der Waals surface area contributed by atoms with Gasteiger partial charge in [-0.05, 0) is 30.7 Å². The highest BCUT2D eigenvalue weighted by Gasteiger charge is 2.31. The first-order valence-electron chi connectivity index (χ1n) is 8.19. The lowest BCUT2D eigenvalue weighted by Crippen LogP contribution is -2.42. The Balaban J connectivity index is 1.73. The summed E-state index contributed by atoms with van der Waals surface area (Å²) in [5.74, 6) is 0.0420. The molecule has 0 unspecified atom stereocenters. The van der Waals surface area contributed by atoms with Crippen molar-refractivity contribution < 1.29 is 4.79 Å². The molecule has 0 saturated carbocycles. The summed E-state index contributed by atoms with van der Waals surface area (Å²) in [6.07, 6.45) is 6.07. The number of hydrogen-bond donors (Lipinski definition) is 0. The molecule has 3 aromatic rings. The predicted molar refractivity (Wildman–Crippen MR) is 89.9 cm³/mol. The van der Waals surface area contributed by atoms with Crippen LogP contribution in [-0.4, -0.2) is 36.7 Å². The fraction of sp³-hybridized carbons (Fsp3) is 0.278. The van der Waals surface area contributed by atoms with Gasteiger partial charge in [0.25, 0.3) is 5.91 Å². The smallest absolute Gasteiger partial charge is 0.256 e. The van der Waals surface area contributed by atoms with Gasteiger partial charge >= 0.3 is 0 Å². The molecule has 122 valence electrons. The minimum Gasteiger partial charge on any atom is -0.348 e. The standard InChI is InChI=1S/C18H19N5O/c1-2-15-17-8-5-9-21(17)10-11-22(15)18(24)14-6-3-4-7-16(14)23-13-19-12-20-23/h3-9,12-13,15H,2,10-11H2,1H3/t15-/m0/s1. The van der Waals surface area contributed by atoms with Crippen molar-refractivity contribution in [3.05, 3.63) is 66.5 Å². The van der Waals surface area contributed by atoms with Gasteiger partial charge in [0.15, 0.2) is 0 Å². The van der Waals surface area contributed by atoms with Gasteiger partial charge in [0, 0.05) is 25.0 Å². The molecule has 24 heavy (non-hydrogen) atoms. The largest absolute Gasteiger partial charge is 0.348 e. The zero-order valence-corrected chi connectivity index (χ0v) is 13.5. The van der Waals surface area contributed by atoms with E-state index >= 15 is 0 Å². The molecule has 1 aromatic carbocycles. The summed E-state index contributed by atoms with van der Waals surface area (Å²) in [6, 6.07) is 11.8. The van der Waals surface area contributed by atoms with Gasteiger partial charge in [0.1, 0.15) is 12.7 Å². The molecule has 6 heteroatoms. The molecular weight excluding hydrogens is 302 g/mol. The van der Waals surface area contributed by atoms with Crippen molar-refractivity contribution in [2.75, 3.05) is 6.54 Å². The van der Waals surface area contributed by atoms with E-state index < -0.39 is 0 Å². The van der Waals surface area contributed by atoms with E-state index in [2.05, 4.69) is 39.9 Å². The first kappa shape index (κ1) is 14.7. The normalized spacial score (nSPS) is 16.9. The molecule has 0 aliphatic carbocycles. The van der Waals surface area contributed by atoms with E-state index in [1.54, 1.807) is 11.0 Å². The molecule has 1 amide bonds. The Morgan fingerprint density at radius 2 is 2.08 bits per heavy atom. The fourth-order valence-corrected chi connectivity index (χ4v) is 3.48. The lowest BCUT2D eigenvalue weighted by atomic mass is 10.0. The van der Waals surface area contributed by atoms with E-state index in [9.17, 15) is 4.79 Å². The highest BCUT2D eigenvalue weighted by Crippen LogP contribution is 2.30. The number of para-hydroxylation sites is 1. The number of aromatic nitrogens is 4. The van der Waals surface area contributed by atoms with Crippen LogP contribution in [-0.2, 0) is 6.54 Å². The summed E-state index contributed by atoms with van der Waals surface area (Å²) in [7, 11) is 0. The minimum absolute atomic E-state index is 0.0420. The molecule has 0 N–H and O–H groups in total. The molecule has 0 radical (unpaired) electrons. The summed E-state index contributed by atoms with van der Waals surface area (Å²) in [6.45, 7) is 3.66. The lowest BCUT2D eigenvalue weighted by Gasteiger charge is -2.37. The molecule has 6 nitrogen and oxygen atoms in total. The van der Waals surface area contributed by atoms with E-state index in [-0.39, 0.29) is 11.9 Å². The third-order valence-electron chi connectivity index (χ3n) is 4.61. The summed E-state index contributed by atoms with van der Waals surface area (Å²) in [4.78, 5) is 19.2. The average molecular weight is 321 g/mol. The highest BCUT2D eigenvalue weighted by molar-refractivity contribution is 5.98. The van der Waals surface area contributed by atoms with Gasteiger partial charge in [-0.3, -0.25) is 4.79 Å². The first-order valence-corrected chi connectivity index (χ1v) is 8.19. The number of rotatable bonds is 3.